The van der Waals surface area contributed by atoms with Gasteiger partial charge in [-0.3, -0.25) is 13.8 Å². The third-order valence-corrected chi connectivity index (χ3v) is 7.16. The average molecular weight is 520 g/mol. The van der Waals surface area contributed by atoms with E-state index in [-0.39, 0.29) is 6.42 Å². The zero-order valence-electron chi connectivity index (χ0n) is 20.3. The van der Waals surface area contributed by atoms with E-state index < -0.39 is 29.2 Å². The molecule has 37 heavy (non-hydrogen) atoms. The summed E-state index contributed by atoms with van der Waals surface area (Å²) in [5.74, 6) is 4.78. The van der Waals surface area contributed by atoms with Crippen molar-refractivity contribution in [2.24, 2.45) is 5.73 Å². The molecule has 1 aliphatic rings. The predicted octanol–water partition coefficient (Wildman–Crippen LogP) is 2.33. The van der Waals surface area contributed by atoms with Gasteiger partial charge >= 0.3 is 5.97 Å². The molecule has 0 bridgehead atoms. The zero-order valence-corrected chi connectivity index (χ0v) is 21.1. The van der Waals surface area contributed by atoms with Crippen molar-refractivity contribution in [2.45, 2.75) is 19.4 Å². The van der Waals surface area contributed by atoms with Crippen molar-refractivity contribution in [2.75, 3.05) is 31.1 Å². The second kappa shape index (κ2) is 11.5. The van der Waals surface area contributed by atoms with Crippen molar-refractivity contribution in [3.05, 3.63) is 77.4 Å². The smallest absolute Gasteiger partial charge is 0.305 e. The van der Waals surface area contributed by atoms with Gasteiger partial charge in [-0.25, -0.2) is 5.01 Å². The molecule has 0 saturated carbocycles. The number of benzene rings is 3. The van der Waals surface area contributed by atoms with Crippen molar-refractivity contribution in [3.8, 4) is 11.8 Å². The lowest BCUT2D eigenvalue weighted by atomic mass is 10.0. The number of carboxylic acids is 1. The number of hydrogen-bond acceptors (Lipinski definition) is 6. The Balaban J connectivity index is 1.42. The monoisotopic (exact) mass is 519 g/mol. The summed E-state index contributed by atoms with van der Waals surface area (Å²) < 4.78 is 24.6. The molecular formula is C27H27N4O5S-. The van der Waals surface area contributed by atoms with Gasteiger partial charge in [-0.2, -0.15) is 4.41 Å². The summed E-state index contributed by atoms with van der Waals surface area (Å²) in [5.41, 5.74) is 8.57. The first-order valence-electron chi connectivity index (χ1n) is 11.8. The summed E-state index contributed by atoms with van der Waals surface area (Å²) in [6, 6.07) is 18.3. The van der Waals surface area contributed by atoms with Gasteiger partial charge in [0.25, 0.3) is 0 Å². The van der Waals surface area contributed by atoms with Crippen LogP contribution in [-0.2, 0) is 16.1 Å². The average Bonchev–Trinajstić information content (AvgIpc) is 2.87. The number of rotatable bonds is 7. The highest BCUT2D eigenvalue weighted by molar-refractivity contribution is 7.76. The Kier molecular flexibility index (Phi) is 8.21. The molecule has 1 amide bonds. The molecule has 1 saturated heterocycles. The Labute approximate surface area is 217 Å². The fourth-order valence-electron chi connectivity index (χ4n) is 4.47. The van der Waals surface area contributed by atoms with E-state index in [1.165, 1.54) is 0 Å². The van der Waals surface area contributed by atoms with Crippen LogP contribution in [0.25, 0.3) is 10.8 Å². The molecule has 0 spiro atoms. The van der Waals surface area contributed by atoms with Gasteiger partial charge in [0.1, 0.15) is 0 Å². The number of anilines is 1. The molecule has 3 N–H and O–H groups in total. The molecule has 3 aromatic rings. The molecule has 2 unspecified atom stereocenters. The molecule has 4 rings (SSSR count). The van der Waals surface area contributed by atoms with E-state index in [1.807, 2.05) is 48.5 Å². The summed E-state index contributed by atoms with van der Waals surface area (Å²) >= 11 is -2.55. The molecule has 9 nitrogen and oxygen atoms in total. The molecule has 2 atom stereocenters. The van der Waals surface area contributed by atoms with Crippen molar-refractivity contribution in [1.29, 1.82) is 0 Å². The number of nitrogens with two attached hydrogens (primary N) is 1. The molecule has 192 valence electrons. The topological polar surface area (TPSA) is 130 Å². The van der Waals surface area contributed by atoms with E-state index in [9.17, 15) is 18.4 Å². The number of carbonyl (C=O) groups excluding carboxylic acids is 1. The van der Waals surface area contributed by atoms with Gasteiger partial charge in [-0.05, 0) is 60.2 Å². The van der Waals surface area contributed by atoms with Crippen molar-refractivity contribution in [3.63, 3.8) is 0 Å². The van der Waals surface area contributed by atoms with Gasteiger partial charge < -0.3 is 20.3 Å². The quantitative estimate of drug-likeness (QED) is 0.362. The number of hydrazine groups is 1. The third-order valence-electron chi connectivity index (χ3n) is 6.27. The normalized spacial score (nSPS) is 15.7. The third kappa shape index (κ3) is 6.34. The lowest BCUT2D eigenvalue weighted by Gasteiger charge is -2.44. The molecule has 0 radical (unpaired) electrons. The molecule has 3 aromatic carbocycles. The second-order valence-corrected chi connectivity index (χ2v) is 9.62. The fourth-order valence-corrected chi connectivity index (χ4v) is 5.19. The fraction of sp³-hybridized carbons (Fsp3) is 0.259. The Morgan fingerprint density at radius 3 is 2.32 bits per heavy atom. The number of carbonyl (C=O) groups is 2. The van der Waals surface area contributed by atoms with Crippen LogP contribution in [0.3, 0.4) is 0 Å². The largest absolute Gasteiger partial charge is 0.759 e. The number of fused-ring (bicyclic) bond motifs is 1. The zero-order chi connectivity index (χ0) is 26.5. The standard InChI is InChI=1S/C27H28N4O5S/c1-19(17-26(32)33)31(37(35)36)30-15-13-29(14-16-30)23-11-8-20(9-12-23)5-6-21-7-10-22-3-2-4-24(27(28)34)25(22)18-21/h2-4,7-12,18-19H,13-17H2,1H3,(H2,28,34)(H,32,33)(H,35,36)/p-1. The minimum atomic E-state index is -2.55. The summed E-state index contributed by atoms with van der Waals surface area (Å²) in [5, 5.41) is 12.4. The Hall–Kier alpha value is -3.75. The molecule has 0 aliphatic carbocycles. The van der Waals surface area contributed by atoms with E-state index in [2.05, 4.69) is 16.7 Å². The summed E-state index contributed by atoms with van der Waals surface area (Å²) in [4.78, 5) is 24.9. The van der Waals surface area contributed by atoms with Gasteiger partial charge in [-0.15, -0.1) is 0 Å². The van der Waals surface area contributed by atoms with Crippen LogP contribution in [0.4, 0.5) is 5.69 Å². The predicted molar refractivity (Wildman–Crippen MR) is 141 cm³/mol. The van der Waals surface area contributed by atoms with Crippen LogP contribution in [0.2, 0.25) is 0 Å². The lowest BCUT2D eigenvalue weighted by molar-refractivity contribution is -0.139. The van der Waals surface area contributed by atoms with Gasteiger partial charge in [0.15, 0.2) is 0 Å². The van der Waals surface area contributed by atoms with Gasteiger partial charge in [0, 0.05) is 65.9 Å². The van der Waals surface area contributed by atoms with E-state index in [4.69, 9.17) is 10.8 Å². The van der Waals surface area contributed by atoms with E-state index in [0.29, 0.717) is 31.7 Å². The van der Waals surface area contributed by atoms with Crippen molar-refractivity contribution in [1.82, 2.24) is 9.42 Å². The summed E-state index contributed by atoms with van der Waals surface area (Å²) in [6.45, 7) is 3.68. The highest BCUT2D eigenvalue weighted by Crippen LogP contribution is 2.22. The highest BCUT2D eigenvalue weighted by atomic mass is 32.2. The van der Waals surface area contributed by atoms with Gasteiger partial charge in [0.05, 0.1) is 6.42 Å². The Bertz CT molecular complexity index is 1390. The minimum Gasteiger partial charge on any atom is -0.759 e. The number of piperazine rings is 1. The maximum Gasteiger partial charge on any atom is 0.305 e. The first-order chi connectivity index (χ1) is 17.7. The van der Waals surface area contributed by atoms with E-state index in [1.54, 1.807) is 24.1 Å². The minimum absolute atomic E-state index is 0.262. The van der Waals surface area contributed by atoms with Crippen LogP contribution in [0.5, 0.6) is 0 Å². The van der Waals surface area contributed by atoms with Crippen LogP contribution in [0.15, 0.2) is 60.7 Å². The number of amides is 1. The van der Waals surface area contributed by atoms with Crippen LogP contribution < -0.4 is 10.6 Å². The van der Waals surface area contributed by atoms with Crippen LogP contribution >= 0.6 is 0 Å². The maximum absolute atomic E-state index is 11.7. The molecule has 10 heteroatoms. The molecule has 0 aromatic heterocycles. The molecule has 1 fully saturated rings. The van der Waals surface area contributed by atoms with Crippen molar-refractivity contribution >= 4 is 39.6 Å². The Morgan fingerprint density at radius 2 is 1.70 bits per heavy atom. The first kappa shape index (κ1) is 26.3. The first-order valence-corrected chi connectivity index (χ1v) is 12.8. The van der Waals surface area contributed by atoms with Crippen molar-refractivity contribution < 1.29 is 23.5 Å². The summed E-state index contributed by atoms with van der Waals surface area (Å²) in [7, 11) is 0. The summed E-state index contributed by atoms with van der Waals surface area (Å²) in [6.07, 6.45) is -0.262. The second-order valence-electron chi connectivity index (χ2n) is 8.81. The van der Waals surface area contributed by atoms with Crippen LogP contribution in [-0.4, -0.2) is 67.4 Å². The number of hydrogen-bond donors (Lipinski definition) is 2. The van der Waals surface area contributed by atoms with E-state index >= 15 is 0 Å². The van der Waals surface area contributed by atoms with Crippen LogP contribution in [0.1, 0.15) is 34.8 Å². The SMILES string of the molecule is CC(CC(=O)O)N(N1CCN(c2ccc(C#Cc3ccc4cccc(C(N)=O)c4c3)cc2)CC1)S(=O)[O-]. The van der Waals surface area contributed by atoms with Crippen LogP contribution in [0, 0.1) is 11.8 Å². The lowest BCUT2D eigenvalue weighted by Crippen LogP contribution is -2.57. The van der Waals surface area contributed by atoms with Gasteiger partial charge in [-0.1, -0.05) is 30.0 Å². The number of aliphatic carboxylic acids is 1. The van der Waals surface area contributed by atoms with Gasteiger partial charge in [0.2, 0.25) is 5.91 Å². The number of primary amides is 1. The molecule has 1 aliphatic heterocycles. The number of carboxylic acid groups (broad SMARTS) is 1. The number of nitrogens with zero attached hydrogens (tertiary/aromatic N) is 3. The molecular weight excluding hydrogens is 492 g/mol. The molecule has 1 heterocycles. The maximum atomic E-state index is 11.7. The van der Waals surface area contributed by atoms with E-state index in [0.717, 1.165) is 32.0 Å². The highest BCUT2D eigenvalue weighted by Gasteiger charge is 2.28. The Morgan fingerprint density at radius 1 is 1.05 bits per heavy atom.